The molecule has 1 fully saturated rings. The Kier molecular flexibility index (Phi) is 4.24. The molecule has 0 unspecified atom stereocenters. The molecule has 1 aliphatic carbocycles. The Morgan fingerprint density at radius 1 is 1.23 bits per heavy atom. The van der Waals surface area contributed by atoms with Crippen LogP contribution in [0.25, 0.3) is 11.2 Å². The summed E-state index contributed by atoms with van der Waals surface area (Å²) in [5.74, 6) is 1.21. The molecule has 1 aromatic carbocycles. The van der Waals surface area contributed by atoms with Gasteiger partial charge in [0.05, 0.1) is 12.1 Å². The van der Waals surface area contributed by atoms with Crippen LogP contribution in [0.3, 0.4) is 0 Å². The first-order chi connectivity index (χ1) is 12.5. The fourth-order valence-corrected chi connectivity index (χ4v) is 3.63. The molecule has 0 amide bonds. The molecule has 4 rings (SSSR count). The third-order valence-corrected chi connectivity index (χ3v) is 5.15. The van der Waals surface area contributed by atoms with E-state index < -0.39 is 6.10 Å². The highest BCUT2D eigenvalue weighted by Gasteiger charge is 2.27. The van der Waals surface area contributed by atoms with E-state index in [0.717, 1.165) is 30.7 Å². The van der Waals surface area contributed by atoms with E-state index in [1.807, 2.05) is 41.8 Å². The van der Waals surface area contributed by atoms with Crippen LogP contribution in [0.5, 0.6) is 0 Å². The molecule has 0 bridgehead atoms. The first-order valence-corrected chi connectivity index (χ1v) is 8.97. The van der Waals surface area contributed by atoms with Crippen LogP contribution in [0.4, 0.5) is 5.95 Å². The Morgan fingerprint density at radius 3 is 2.69 bits per heavy atom. The van der Waals surface area contributed by atoms with Crippen LogP contribution in [0.2, 0.25) is 0 Å². The van der Waals surface area contributed by atoms with Gasteiger partial charge in [-0.05, 0) is 31.7 Å². The second-order valence-corrected chi connectivity index (χ2v) is 6.95. The fourth-order valence-electron chi connectivity index (χ4n) is 3.63. The summed E-state index contributed by atoms with van der Waals surface area (Å²) in [5.41, 5.74) is 1.91. The smallest absolute Gasteiger partial charge is 0.280 e. The number of benzene rings is 1. The molecular formula is C19H23N5O2. The maximum atomic E-state index is 13.0. The summed E-state index contributed by atoms with van der Waals surface area (Å²) in [7, 11) is 1.70. The lowest BCUT2D eigenvalue weighted by Crippen LogP contribution is -2.32. The molecule has 2 heterocycles. The van der Waals surface area contributed by atoms with Gasteiger partial charge in [0, 0.05) is 13.6 Å². The highest BCUT2D eigenvalue weighted by Crippen LogP contribution is 2.22. The Hall–Kier alpha value is -2.67. The number of aliphatic hydroxyl groups is 1. The van der Waals surface area contributed by atoms with Crippen molar-refractivity contribution in [2.45, 2.75) is 44.9 Å². The van der Waals surface area contributed by atoms with E-state index in [-0.39, 0.29) is 11.6 Å². The number of aliphatic hydroxyl groups excluding tert-OH is 1. The van der Waals surface area contributed by atoms with E-state index in [9.17, 15) is 9.90 Å². The van der Waals surface area contributed by atoms with Crippen molar-refractivity contribution in [1.82, 2.24) is 19.1 Å². The van der Waals surface area contributed by atoms with Crippen molar-refractivity contribution in [3.05, 3.63) is 52.1 Å². The van der Waals surface area contributed by atoms with Crippen molar-refractivity contribution in [3.63, 3.8) is 0 Å². The Bertz CT molecular complexity index is 993. The first-order valence-electron chi connectivity index (χ1n) is 8.97. The number of hydrogen-bond donors (Lipinski definition) is 2. The maximum Gasteiger partial charge on any atom is 0.280 e. The molecule has 2 atom stereocenters. The van der Waals surface area contributed by atoms with E-state index in [4.69, 9.17) is 0 Å². The zero-order valence-corrected chi connectivity index (χ0v) is 15.0. The Balaban J connectivity index is 1.76. The Morgan fingerprint density at radius 2 is 2.00 bits per heavy atom. The van der Waals surface area contributed by atoms with Gasteiger partial charge in [0.1, 0.15) is 5.82 Å². The molecule has 0 radical (unpaired) electrons. The minimum absolute atomic E-state index is 0.0712. The molecule has 3 aromatic rings. The largest absolute Gasteiger partial charge is 0.391 e. The molecule has 26 heavy (non-hydrogen) atoms. The second kappa shape index (κ2) is 6.57. The zero-order chi connectivity index (χ0) is 18.3. The van der Waals surface area contributed by atoms with Crippen molar-refractivity contribution in [2.75, 3.05) is 5.32 Å². The van der Waals surface area contributed by atoms with Crippen LogP contribution >= 0.6 is 0 Å². The predicted octanol–water partition coefficient (Wildman–Crippen LogP) is 1.81. The normalized spacial score (nSPS) is 20.0. The quantitative estimate of drug-likeness (QED) is 0.747. The van der Waals surface area contributed by atoms with Crippen LogP contribution < -0.4 is 10.9 Å². The number of fused-ring (bicyclic) bond motifs is 1. The molecule has 136 valence electrons. The monoisotopic (exact) mass is 353 g/mol. The van der Waals surface area contributed by atoms with Crippen molar-refractivity contribution >= 4 is 17.1 Å². The number of aryl methyl sites for hydroxylation is 1. The molecule has 7 heteroatoms. The van der Waals surface area contributed by atoms with Gasteiger partial charge in [0.25, 0.3) is 5.56 Å². The number of imidazole rings is 1. The van der Waals surface area contributed by atoms with Crippen LogP contribution in [0.15, 0.2) is 35.1 Å². The van der Waals surface area contributed by atoms with Gasteiger partial charge in [-0.3, -0.25) is 9.36 Å². The SMILES string of the molecule is Cc1nc2nc(N[C@H]3CCC[C@@H]3O)n(C)c(=O)c2n1Cc1ccccc1. The number of hydrogen-bond acceptors (Lipinski definition) is 5. The molecular weight excluding hydrogens is 330 g/mol. The number of aromatic nitrogens is 4. The minimum Gasteiger partial charge on any atom is -0.391 e. The number of nitrogens with zero attached hydrogens (tertiary/aromatic N) is 4. The molecule has 0 aliphatic heterocycles. The predicted molar refractivity (Wildman–Crippen MR) is 100 cm³/mol. The van der Waals surface area contributed by atoms with Crippen LogP contribution in [-0.2, 0) is 13.6 Å². The zero-order valence-electron chi connectivity index (χ0n) is 15.0. The van der Waals surface area contributed by atoms with Gasteiger partial charge < -0.3 is 15.0 Å². The summed E-state index contributed by atoms with van der Waals surface area (Å²) < 4.78 is 3.42. The lowest BCUT2D eigenvalue weighted by atomic mass is 10.2. The lowest BCUT2D eigenvalue weighted by molar-refractivity contribution is 0.171. The third-order valence-electron chi connectivity index (χ3n) is 5.15. The molecule has 0 saturated heterocycles. The van der Waals surface area contributed by atoms with Crippen molar-refractivity contribution < 1.29 is 5.11 Å². The number of rotatable bonds is 4. The van der Waals surface area contributed by atoms with Crippen LogP contribution in [-0.4, -0.2) is 36.4 Å². The molecule has 1 saturated carbocycles. The molecule has 7 nitrogen and oxygen atoms in total. The summed E-state index contributed by atoms with van der Waals surface area (Å²) in [4.78, 5) is 22.1. The number of anilines is 1. The number of nitrogens with one attached hydrogen (secondary N) is 1. The van der Waals surface area contributed by atoms with Gasteiger partial charge in [0.2, 0.25) is 5.95 Å². The average molecular weight is 353 g/mol. The van der Waals surface area contributed by atoms with E-state index in [1.54, 1.807) is 7.05 Å². The summed E-state index contributed by atoms with van der Waals surface area (Å²) >= 11 is 0. The van der Waals surface area contributed by atoms with Gasteiger partial charge in [-0.15, -0.1) is 0 Å². The minimum atomic E-state index is -0.403. The van der Waals surface area contributed by atoms with Gasteiger partial charge in [-0.2, -0.15) is 4.98 Å². The van der Waals surface area contributed by atoms with E-state index >= 15 is 0 Å². The molecule has 2 N–H and O–H groups in total. The third kappa shape index (κ3) is 2.88. The van der Waals surface area contributed by atoms with Crippen molar-refractivity contribution in [1.29, 1.82) is 0 Å². The Labute approximate surface area is 151 Å². The summed E-state index contributed by atoms with van der Waals surface area (Å²) in [5, 5.41) is 13.3. The summed E-state index contributed by atoms with van der Waals surface area (Å²) in [6.45, 7) is 2.46. The summed E-state index contributed by atoms with van der Waals surface area (Å²) in [6, 6.07) is 9.92. The fraction of sp³-hybridized carbons (Fsp3) is 0.421. The molecule has 1 aliphatic rings. The van der Waals surface area contributed by atoms with E-state index in [2.05, 4.69) is 15.3 Å². The molecule has 0 spiro atoms. The molecule has 2 aromatic heterocycles. The van der Waals surface area contributed by atoms with Crippen LogP contribution in [0.1, 0.15) is 30.7 Å². The maximum absolute atomic E-state index is 13.0. The highest BCUT2D eigenvalue weighted by molar-refractivity contribution is 5.72. The van der Waals surface area contributed by atoms with E-state index in [0.29, 0.717) is 23.7 Å². The first kappa shape index (κ1) is 16.8. The van der Waals surface area contributed by atoms with Crippen LogP contribution in [0, 0.1) is 6.92 Å². The van der Waals surface area contributed by atoms with E-state index in [1.165, 1.54) is 4.57 Å². The highest BCUT2D eigenvalue weighted by atomic mass is 16.3. The van der Waals surface area contributed by atoms with Crippen molar-refractivity contribution in [3.8, 4) is 0 Å². The topological polar surface area (TPSA) is 85.0 Å². The van der Waals surface area contributed by atoms with Gasteiger partial charge >= 0.3 is 0 Å². The van der Waals surface area contributed by atoms with Gasteiger partial charge in [-0.25, -0.2) is 4.98 Å². The second-order valence-electron chi connectivity index (χ2n) is 6.95. The average Bonchev–Trinajstić information content (AvgIpc) is 3.17. The van der Waals surface area contributed by atoms with Gasteiger partial charge in [-0.1, -0.05) is 30.3 Å². The summed E-state index contributed by atoms with van der Waals surface area (Å²) in [6.07, 6.45) is 2.22. The van der Waals surface area contributed by atoms with Crippen molar-refractivity contribution in [2.24, 2.45) is 7.05 Å². The van der Waals surface area contributed by atoms with Gasteiger partial charge in [0.15, 0.2) is 11.2 Å². The lowest BCUT2D eigenvalue weighted by Gasteiger charge is -2.18. The standard InChI is InChI=1S/C19H23N5O2/c1-12-20-17-16(24(12)11-13-7-4-3-5-8-13)18(26)23(2)19(22-17)21-14-9-6-10-15(14)25/h3-5,7-8,14-15,25H,6,9-11H2,1-2H3,(H,21,22)/t14-,15-/m0/s1.